The molecule has 0 bridgehead atoms. The normalized spacial score (nSPS) is 17.4. The van der Waals surface area contributed by atoms with Crippen LogP contribution < -0.4 is 16.8 Å². The summed E-state index contributed by atoms with van der Waals surface area (Å²) in [5.74, 6) is 0.683. The third-order valence-corrected chi connectivity index (χ3v) is 2.11. The largest absolute Gasteiger partial charge is 0.503 e. The summed E-state index contributed by atoms with van der Waals surface area (Å²) in [7, 11) is 0. The molecule has 0 aromatic heterocycles. The molecule has 1 saturated heterocycles. The van der Waals surface area contributed by atoms with Gasteiger partial charge in [0.25, 0.3) is 5.91 Å². The van der Waals surface area contributed by atoms with E-state index in [0.717, 1.165) is 5.75 Å². The molecule has 0 aliphatic carbocycles. The Kier molecular flexibility index (Phi) is 9.31. The molecule has 8 nitrogen and oxygen atoms in total. The van der Waals surface area contributed by atoms with Gasteiger partial charge in [-0.3, -0.25) is 10.1 Å². The maximum absolute atomic E-state index is 10.9. The van der Waals surface area contributed by atoms with Crippen molar-refractivity contribution in [1.29, 1.82) is 0 Å². The van der Waals surface area contributed by atoms with Crippen LogP contribution in [0.4, 0.5) is 9.59 Å². The molecule has 0 spiro atoms. The molecule has 94 valence electrons. The summed E-state index contributed by atoms with van der Waals surface area (Å²) in [5.41, 5.74) is 0. The average Bonchev–Trinajstić information content (AvgIpc) is 2.40. The van der Waals surface area contributed by atoms with E-state index < -0.39 is 6.16 Å². The van der Waals surface area contributed by atoms with Crippen LogP contribution in [0.15, 0.2) is 0 Å². The van der Waals surface area contributed by atoms with Crippen LogP contribution in [0.5, 0.6) is 0 Å². The molecule has 1 aliphatic heterocycles. The Balaban J connectivity index is 0. The maximum atomic E-state index is 10.9. The monoisotopic (exact) mass is 253 g/mol. The maximum Gasteiger partial charge on any atom is 0.503 e. The second-order valence-electron chi connectivity index (χ2n) is 2.58. The number of imide groups is 1. The van der Waals surface area contributed by atoms with Crippen LogP contribution in [-0.4, -0.2) is 46.4 Å². The van der Waals surface area contributed by atoms with Crippen molar-refractivity contribution in [3.63, 3.8) is 0 Å². The lowest BCUT2D eigenvalue weighted by molar-refractivity contribution is -0.120. The number of carbonyl (C=O) groups is 3. The Morgan fingerprint density at radius 3 is 2.25 bits per heavy atom. The first-order valence-corrected chi connectivity index (χ1v) is 5.39. The average molecular weight is 253 g/mol. The molecule has 0 aromatic carbocycles. The summed E-state index contributed by atoms with van der Waals surface area (Å²) in [6, 6.07) is -0.684. The Bertz CT molecular complexity index is 256. The third kappa shape index (κ3) is 7.88. The molecular weight excluding hydrogens is 238 g/mol. The second kappa shape index (κ2) is 8.80. The van der Waals surface area contributed by atoms with Crippen molar-refractivity contribution in [3.8, 4) is 0 Å². The number of carbonyl (C=O) groups excluding carboxylic acids is 2. The van der Waals surface area contributed by atoms with Gasteiger partial charge in [-0.1, -0.05) is 0 Å². The molecular formula is C7H15N3O5S. The first-order valence-electron chi connectivity index (χ1n) is 3.99. The van der Waals surface area contributed by atoms with E-state index in [1.165, 1.54) is 0 Å². The molecule has 1 heterocycles. The number of rotatable bonds is 3. The quantitative estimate of drug-likeness (QED) is 0.454. The summed E-state index contributed by atoms with van der Waals surface area (Å²) >= 11 is 1.66. The summed E-state index contributed by atoms with van der Waals surface area (Å²) in [6.45, 7) is 0. The standard InChI is InChI=1S/C6H10N2O2S.CH2O3.H3N/c1-11-3-2-4-5(9)8-6(10)7-4;2-1(3)4;/h4H,2-3H2,1H3,(H2,7,8,9,10);(H2,2,3,4);1H3. The van der Waals surface area contributed by atoms with Crippen molar-refractivity contribution < 1.29 is 24.6 Å². The SMILES string of the molecule is CSCCC1NC(=O)NC1=O.N.O=C(O)O. The van der Waals surface area contributed by atoms with E-state index in [0.29, 0.717) is 6.42 Å². The molecule has 1 fully saturated rings. The van der Waals surface area contributed by atoms with Crippen LogP contribution in [0.25, 0.3) is 0 Å². The van der Waals surface area contributed by atoms with Crippen LogP contribution in [0.1, 0.15) is 6.42 Å². The minimum atomic E-state index is -1.83. The first-order chi connectivity index (χ1) is 6.97. The van der Waals surface area contributed by atoms with Gasteiger partial charge in [0, 0.05) is 0 Å². The number of hydrogen-bond acceptors (Lipinski definition) is 5. The third-order valence-electron chi connectivity index (χ3n) is 1.47. The van der Waals surface area contributed by atoms with Gasteiger partial charge in [0.15, 0.2) is 0 Å². The fourth-order valence-electron chi connectivity index (χ4n) is 0.898. The van der Waals surface area contributed by atoms with E-state index in [2.05, 4.69) is 10.6 Å². The lowest BCUT2D eigenvalue weighted by atomic mass is 10.2. The molecule has 1 unspecified atom stereocenters. The number of thioether (sulfide) groups is 1. The van der Waals surface area contributed by atoms with Crippen LogP contribution in [0.2, 0.25) is 0 Å². The molecule has 16 heavy (non-hydrogen) atoms. The zero-order valence-corrected chi connectivity index (χ0v) is 9.54. The van der Waals surface area contributed by atoms with Gasteiger partial charge in [-0.15, -0.1) is 0 Å². The number of nitrogens with one attached hydrogen (secondary N) is 2. The molecule has 0 aromatic rings. The number of amides is 3. The summed E-state index contributed by atoms with van der Waals surface area (Å²) in [4.78, 5) is 30.0. The Morgan fingerprint density at radius 2 is 1.94 bits per heavy atom. The highest BCUT2D eigenvalue weighted by Crippen LogP contribution is 2.03. The van der Waals surface area contributed by atoms with Gasteiger partial charge in [-0.05, 0) is 18.4 Å². The van der Waals surface area contributed by atoms with Crippen LogP contribution in [0.3, 0.4) is 0 Å². The van der Waals surface area contributed by atoms with E-state index in [1.54, 1.807) is 11.8 Å². The zero-order chi connectivity index (χ0) is 11.8. The van der Waals surface area contributed by atoms with Gasteiger partial charge in [0.05, 0.1) is 0 Å². The smallest absolute Gasteiger partial charge is 0.450 e. The van der Waals surface area contributed by atoms with E-state index in [4.69, 9.17) is 15.0 Å². The zero-order valence-electron chi connectivity index (χ0n) is 8.73. The Hall–Kier alpha value is -1.48. The van der Waals surface area contributed by atoms with E-state index >= 15 is 0 Å². The predicted molar refractivity (Wildman–Crippen MR) is 59.1 cm³/mol. The molecule has 3 amide bonds. The van der Waals surface area contributed by atoms with Crippen LogP contribution in [-0.2, 0) is 4.79 Å². The van der Waals surface area contributed by atoms with Crippen molar-refractivity contribution in [1.82, 2.24) is 16.8 Å². The van der Waals surface area contributed by atoms with Crippen molar-refractivity contribution >= 4 is 29.9 Å². The number of hydrogen-bond donors (Lipinski definition) is 5. The van der Waals surface area contributed by atoms with Gasteiger partial charge in [0.1, 0.15) is 6.04 Å². The Morgan fingerprint density at radius 1 is 1.44 bits per heavy atom. The van der Waals surface area contributed by atoms with Crippen molar-refractivity contribution in [2.24, 2.45) is 0 Å². The lowest BCUT2D eigenvalue weighted by Gasteiger charge is -2.03. The highest BCUT2D eigenvalue weighted by atomic mass is 32.2. The van der Waals surface area contributed by atoms with Crippen molar-refractivity contribution in [3.05, 3.63) is 0 Å². The topological polar surface area (TPSA) is 151 Å². The fourth-order valence-corrected chi connectivity index (χ4v) is 1.37. The minimum absolute atomic E-state index is 0. The minimum Gasteiger partial charge on any atom is -0.450 e. The highest BCUT2D eigenvalue weighted by molar-refractivity contribution is 7.98. The van der Waals surface area contributed by atoms with E-state index in [-0.39, 0.29) is 24.1 Å². The van der Waals surface area contributed by atoms with Crippen LogP contribution >= 0.6 is 11.8 Å². The fraction of sp³-hybridized carbons (Fsp3) is 0.571. The summed E-state index contributed by atoms with van der Waals surface area (Å²) < 4.78 is 0. The molecule has 9 heteroatoms. The molecule has 7 N–H and O–H groups in total. The molecule has 0 radical (unpaired) electrons. The van der Waals surface area contributed by atoms with E-state index in [1.807, 2.05) is 6.26 Å². The van der Waals surface area contributed by atoms with Gasteiger partial charge >= 0.3 is 12.2 Å². The van der Waals surface area contributed by atoms with Gasteiger partial charge in [0.2, 0.25) is 0 Å². The van der Waals surface area contributed by atoms with Gasteiger partial charge in [-0.25, -0.2) is 9.59 Å². The second-order valence-corrected chi connectivity index (χ2v) is 3.56. The van der Waals surface area contributed by atoms with E-state index in [9.17, 15) is 9.59 Å². The first kappa shape index (κ1) is 16.9. The highest BCUT2D eigenvalue weighted by Gasteiger charge is 2.28. The molecule has 1 atom stereocenters. The molecule has 0 saturated carbocycles. The summed E-state index contributed by atoms with van der Waals surface area (Å²) in [6.07, 6.45) is 0.841. The van der Waals surface area contributed by atoms with Gasteiger partial charge < -0.3 is 21.7 Å². The van der Waals surface area contributed by atoms with Gasteiger partial charge in [-0.2, -0.15) is 11.8 Å². The molecule has 1 aliphatic rings. The Labute approximate surface area is 96.4 Å². The summed E-state index contributed by atoms with van der Waals surface area (Å²) in [5, 5.41) is 18.6. The number of urea groups is 1. The van der Waals surface area contributed by atoms with Crippen molar-refractivity contribution in [2.75, 3.05) is 12.0 Å². The molecule has 1 rings (SSSR count). The predicted octanol–water partition coefficient (Wildman–Crippen LogP) is 0.332. The van der Waals surface area contributed by atoms with Crippen LogP contribution in [0, 0.1) is 0 Å². The number of carboxylic acid groups (broad SMARTS) is 2. The lowest BCUT2D eigenvalue weighted by Crippen LogP contribution is -2.29. The van der Waals surface area contributed by atoms with Crippen molar-refractivity contribution in [2.45, 2.75) is 12.5 Å².